The molecule has 88 valence electrons. The molecule has 0 fully saturated rings. The quantitative estimate of drug-likeness (QED) is 0.483. The molecule has 0 amide bonds. The third kappa shape index (κ3) is 5.07. The molecule has 2 rings (SSSR count). The number of pyridine rings is 2. The van der Waals surface area contributed by atoms with Crippen molar-refractivity contribution in [2.24, 2.45) is 0 Å². The van der Waals surface area contributed by atoms with E-state index in [0.29, 0.717) is 0 Å². The molecular weight excluding hydrogens is 247 g/mol. The maximum absolute atomic E-state index is 2.12. The van der Waals surface area contributed by atoms with Gasteiger partial charge in [0.15, 0.2) is 24.8 Å². The Bertz CT molecular complexity index is 333. The maximum atomic E-state index is 2.12. The Kier molecular flexibility index (Phi) is 9.80. The molecular formula is C11H14Cl2N2O. The number of hydrogen-bond acceptors (Lipinski definition) is 0. The molecule has 0 atom stereocenters. The SMILES string of the molecule is O.[Cl-].[Cl-].c1cc[n+](C[n+]2ccccc2)cc1. The van der Waals surface area contributed by atoms with E-state index in [9.17, 15) is 0 Å². The molecule has 0 unspecified atom stereocenters. The zero-order valence-electron chi connectivity index (χ0n) is 8.63. The third-order valence-electron chi connectivity index (χ3n) is 1.88. The fourth-order valence-electron chi connectivity index (χ4n) is 1.25. The Morgan fingerprint density at radius 2 is 0.875 bits per heavy atom. The first-order valence-corrected chi connectivity index (χ1v) is 4.33. The largest absolute Gasteiger partial charge is 1.00 e. The Balaban J connectivity index is 0. The molecule has 0 spiro atoms. The monoisotopic (exact) mass is 260 g/mol. The Morgan fingerprint density at radius 3 is 1.19 bits per heavy atom. The van der Waals surface area contributed by atoms with Gasteiger partial charge in [0, 0.05) is 24.3 Å². The summed E-state index contributed by atoms with van der Waals surface area (Å²) in [6, 6.07) is 12.2. The predicted octanol–water partition coefficient (Wildman–Crippen LogP) is -6.05. The lowest BCUT2D eigenvalue weighted by atomic mass is 10.5. The lowest BCUT2D eigenvalue weighted by molar-refractivity contribution is -0.913. The highest BCUT2D eigenvalue weighted by atomic mass is 35.5. The highest BCUT2D eigenvalue weighted by molar-refractivity contribution is 4.84. The zero-order chi connectivity index (χ0) is 8.93. The number of nitrogens with zero attached hydrogens (tertiary/aromatic N) is 2. The smallest absolute Gasteiger partial charge is 0.343 e. The van der Waals surface area contributed by atoms with Crippen LogP contribution in [-0.2, 0) is 6.67 Å². The second-order valence-corrected chi connectivity index (χ2v) is 2.92. The molecule has 2 aromatic rings. The first-order valence-electron chi connectivity index (χ1n) is 4.33. The van der Waals surface area contributed by atoms with Gasteiger partial charge in [0.25, 0.3) is 0 Å². The van der Waals surface area contributed by atoms with Crippen molar-refractivity contribution in [2.45, 2.75) is 6.67 Å². The van der Waals surface area contributed by atoms with Gasteiger partial charge in [0.2, 0.25) is 0 Å². The van der Waals surface area contributed by atoms with Gasteiger partial charge in [0.05, 0.1) is 0 Å². The summed E-state index contributed by atoms with van der Waals surface area (Å²) in [6.07, 6.45) is 8.22. The summed E-state index contributed by atoms with van der Waals surface area (Å²) in [5.74, 6) is 0. The van der Waals surface area contributed by atoms with E-state index in [-0.39, 0.29) is 30.3 Å². The summed E-state index contributed by atoms with van der Waals surface area (Å²) in [5, 5.41) is 0. The van der Waals surface area contributed by atoms with Crippen molar-refractivity contribution in [1.82, 2.24) is 0 Å². The highest BCUT2D eigenvalue weighted by Crippen LogP contribution is 1.77. The summed E-state index contributed by atoms with van der Waals surface area (Å²) in [7, 11) is 0. The molecule has 0 aliphatic heterocycles. The van der Waals surface area contributed by atoms with Crippen LogP contribution in [0.3, 0.4) is 0 Å². The van der Waals surface area contributed by atoms with Crippen molar-refractivity contribution < 1.29 is 39.4 Å². The standard InChI is InChI=1S/C11H12N2.2ClH.H2O/c1-3-7-12(8-4-1)11-13-9-5-2-6-10-13;;;/h1-10H,11H2;2*1H;1H2/q+2;;;/p-2. The van der Waals surface area contributed by atoms with Gasteiger partial charge in [-0.3, -0.25) is 0 Å². The molecule has 2 heterocycles. The first-order chi connectivity index (χ1) is 6.45. The normalized spacial score (nSPS) is 8.00. The van der Waals surface area contributed by atoms with Crippen molar-refractivity contribution in [3.8, 4) is 0 Å². The Labute approximate surface area is 107 Å². The van der Waals surface area contributed by atoms with Crippen LogP contribution in [0.25, 0.3) is 0 Å². The molecule has 2 N–H and O–H groups in total. The van der Waals surface area contributed by atoms with E-state index in [1.54, 1.807) is 0 Å². The number of halogens is 2. The van der Waals surface area contributed by atoms with Crippen molar-refractivity contribution in [3.05, 3.63) is 61.2 Å². The topological polar surface area (TPSA) is 39.3 Å². The predicted molar refractivity (Wildman–Crippen MR) is 52.3 cm³/mol. The van der Waals surface area contributed by atoms with Gasteiger partial charge in [-0.05, 0) is 0 Å². The van der Waals surface area contributed by atoms with Gasteiger partial charge in [0.1, 0.15) is 0 Å². The van der Waals surface area contributed by atoms with Gasteiger partial charge in [-0.2, -0.15) is 0 Å². The molecule has 16 heavy (non-hydrogen) atoms. The summed E-state index contributed by atoms with van der Waals surface area (Å²) in [6.45, 7) is 0.863. The summed E-state index contributed by atoms with van der Waals surface area (Å²) in [5.41, 5.74) is 0. The van der Waals surface area contributed by atoms with Crippen LogP contribution in [0.4, 0.5) is 0 Å². The second-order valence-electron chi connectivity index (χ2n) is 2.92. The zero-order valence-corrected chi connectivity index (χ0v) is 10.1. The van der Waals surface area contributed by atoms with Crippen LogP contribution < -0.4 is 33.9 Å². The number of rotatable bonds is 2. The molecule has 0 saturated carbocycles. The van der Waals surface area contributed by atoms with Crippen molar-refractivity contribution >= 4 is 0 Å². The van der Waals surface area contributed by atoms with Gasteiger partial charge in [-0.25, -0.2) is 0 Å². The second kappa shape index (κ2) is 9.09. The first kappa shape index (κ1) is 17.2. The molecule has 0 bridgehead atoms. The molecule has 2 aromatic heterocycles. The number of aromatic nitrogens is 2. The van der Waals surface area contributed by atoms with E-state index in [1.165, 1.54) is 0 Å². The van der Waals surface area contributed by atoms with Gasteiger partial charge >= 0.3 is 6.67 Å². The van der Waals surface area contributed by atoms with Gasteiger partial charge < -0.3 is 30.3 Å². The van der Waals surface area contributed by atoms with E-state index in [0.717, 1.165) is 6.67 Å². The Hall–Kier alpha value is -1.16. The molecule has 3 nitrogen and oxygen atoms in total. The highest BCUT2D eigenvalue weighted by Gasteiger charge is 2.03. The van der Waals surface area contributed by atoms with Crippen molar-refractivity contribution in [1.29, 1.82) is 0 Å². The van der Waals surface area contributed by atoms with Crippen LogP contribution in [-0.4, -0.2) is 5.48 Å². The third-order valence-corrected chi connectivity index (χ3v) is 1.88. The van der Waals surface area contributed by atoms with Gasteiger partial charge in [-0.1, -0.05) is 12.1 Å². The minimum absolute atomic E-state index is 0. The van der Waals surface area contributed by atoms with Gasteiger partial charge in [-0.15, -0.1) is 9.13 Å². The lowest BCUT2D eigenvalue weighted by Crippen LogP contribution is -3.00. The van der Waals surface area contributed by atoms with Crippen LogP contribution in [0, 0.1) is 0 Å². The van der Waals surface area contributed by atoms with E-state index >= 15 is 0 Å². The summed E-state index contributed by atoms with van der Waals surface area (Å²) < 4.78 is 4.25. The average molecular weight is 261 g/mol. The van der Waals surface area contributed by atoms with Crippen molar-refractivity contribution in [2.75, 3.05) is 0 Å². The summed E-state index contributed by atoms with van der Waals surface area (Å²) in [4.78, 5) is 0. The van der Waals surface area contributed by atoms with E-state index < -0.39 is 0 Å². The molecule has 0 aromatic carbocycles. The lowest BCUT2D eigenvalue weighted by Gasteiger charge is -1.91. The minimum atomic E-state index is 0. The molecule has 0 aliphatic rings. The summed E-state index contributed by atoms with van der Waals surface area (Å²) >= 11 is 0. The maximum Gasteiger partial charge on any atom is 0.343 e. The van der Waals surface area contributed by atoms with Crippen LogP contribution in [0.1, 0.15) is 0 Å². The molecule has 0 saturated heterocycles. The van der Waals surface area contributed by atoms with E-state index in [4.69, 9.17) is 0 Å². The molecule has 0 radical (unpaired) electrons. The van der Waals surface area contributed by atoms with Crippen LogP contribution in [0.2, 0.25) is 0 Å². The van der Waals surface area contributed by atoms with Crippen LogP contribution >= 0.6 is 0 Å². The van der Waals surface area contributed by atoms with Crippen LogP contribution in [0.15, 0.2) is 61.2 Å². The fourth-order valence-corrected chi connectivity index (χ4v) is 1.25. The Morgan fingerprint density at radius 1 is 0.562 bits per heavy atom. The van der Waals surface area contributed by atoms with E-state index in [2.05, 4.69) is 33.9 Å². The average Bonchev–Trinajstić information content (AvgIpc) is 2.21. The molecule has 5 heteroatoms. The van der Waals surface area contributed by atoms with Crippen LogP contribution in [0.5, 0.6) is 0 Å². The minimum Gasteiger partial charge on any atom is -1.00 e. The molecule has 0 aliphatic carbocycles. The number of hydrogen-bond donors (Lipinski definition) is 0. The fraction of sp³-hybridized carbons (Fsp3) is 0.0909. The van der Waals surface area contributed by atoms with E-state index in [1.807, 2.05) is 36.4 Å². The van der Waals surface area contributed by atoms with Crippen molar-refractivity contribution in [3.63, 3.8) is 0 Å².